The minimum absolute atomic E-state index is 0.0459. The van der Waals surface area contributed by atoms with Crippen molar-refractivity contribution < 1.29 is 14.3 Å². The van der Waals surface area contributed by atoms with Gasteiger partial charge in [0.05, 0.1) is 12.1 Å². The second-order valence-electron chi connectivity index (χ2n) is 6.59. The predicted molar refractivity (Wildman–Crippen MR) is 74.0 cm³/mol. The fourth-order valence-electron chi connectivity index (χ4n) is 3.47. The summed E-state index contributed by atoms with van der Waals surface area (Å²) in [7, 11) is 0. The Labute approximate surface area is 120 Å². The number of hydrogen-bond acceptors (Lipinski definition) is 3. The molecule has 2 heterocycles. The fourth-order valence-corrected chi connectivity index (χ4v) is 3.47. The third-order valence-electron chi connectivity index (χ3n) is 5.16. The molecule has 0 aromatic heterocycles. The summed E-state index contributed by atoms with van der Waals surface area (Å²) in [4.78, 5) is 26.9. The first-order chi connectivity index (χ1) is 9.48. The Morgan fingerprint density at radius 2 is 2.05 bits per heavy atom. The number of piperazine rings is 1. The van der Waals surface area contributed by atoms with Crippen molar-refractivity contribution in [2.75, 3.05) is 6.61 Å². The molecular formula is C15H24N2O3. The lowest BCUT2D eigenvalue weighted by Crippen LogP contribution is -2.71. The highest BCUT2D eigenvalue weighted by molar-refractivity contribution is 5.99. The maximum absolute atomic E-state index is 12.9. The molecule has 0 aromatic carbocycles. The van der Waals surface area contributed by atoms with Crippen LogP contribution in [0.2, 0.25) is 0 Å². The average molecular weight is 280 g/mol. The predicted octanol–water partition coefficient (Wildman–Crippen LogP) is 1.07. The van der Waals surface area contributed by atoms with Gasteiger partial charge >= 0.3 is 0 Å². The van der Waals surface area contributed by atoms with Gasteiger partial charge in [0, 0.05) is 6.61 Å². The number of carbonyl (C=O) groups is 2. The molecule has 4 unspecified atom stereocenters. The largest absolute Gasteiger partial charge is 0.376 e. The third kappa shape index (κ3) is 2.03. The third-order valence-corrected chi connectivity index (χ3v) is 5.16. The van der Waals surface area contributed by atoms with E-state index in [-0.39, 0.29) is 24.0 Å². The van der Waals surface area contributed by atoms with Crippen molar-refractivity contribution in [2.45, 2.75) is 70.2 Å². The Balaban J connectivity index is 1.88. The summed E-state index contributed by atoms with van der Waals surface area (Å²) in [5.41, 5.74) is -0.764. The molecule has 3 fully saturated rings. The molecular weight excluding hydrogens is 256 g/mol. The molecule has 0 bridgehead atoms. The summed E-state index contributed by atoms with van der Waals surface area (Å²) < 4.78 is 5.85. The second-order valence-corrected chi connectivity index (χ2v) is 6.59. The standard InChI is InChI=1S/C15H24N2O3/c1-4-15(3)14(19)17(9(2)13(18)16-15)11-7-8-20-12(11)10-5-6-10/h9-12H,4-8H2,1-3H3,(H,16,18). The lowest BCUT2D eigenvalue weighted by molar-refractivity contribution is -0.158. The Morgan fingerprint density at radius 3 is 2.65 bits per heavy atom. The van der Waals surface area contributed by atoms with E-state index in [9.17, 15) is 9.59 Å². The van der Waals surface area contributed by atoms with E-state index in [2.05, 4.69) is 5.32 Å². The van der Waals surface area contributed by atoms with Crippen LogP contribution in [0.1, 0.15) is 46.5 Å². The molecule has 4 atom stereocenters. The van der Waals surface area contributed by atoms with E-state index < -0.39 is 11.6 Å². The summed E-state index contributed by atoms with van der Waals surface area (Å²) in [6.07, 6.45) is 3.98. The van der Waals surface area contributed by atoms with Gasteiger partial charge in [-0.05, 0) is 45.4 Å². The monoisotopic (exact) mass is 280 g/mol. The van der Waals surface area contributed by atoms with Crippen LogP contribution in [0, 0.1) is 5.92 Å². The van der Waals surface area contributed by atoms with Gasteiger partial charge in [0.25, 0.3) is 0 Å². The van der Waals surface area contributed by atoms with Crippen LogP contribution in [-0.2, 0) is 14.3 Å². The van der Waals surface area contributed by atoms with Gasteiger partial charge in [-0.15, -0.1) is 0 Å². The van der Waals surface area contributed by atoms with Gasteiger partial charge in [-0.1, -0.05) is 6.92 Å². The zero-order chi connectivity index (χ0) is 14.5. The Hall–Kier alpha value is -1.10. The molecule has 5 heteroatoms. The number of amides is 2. The van der Waals surface area contributed by atoms with Crippen LogP contribution < -0.4 is 5.32 Å². The molecule has 112 valence electrons. The van der Waals surface area contributed by atoms with E-state index in [1.54, 1.807) is 0 Å². The van der Waals surface area contributed by atoms with Crippen molar-refractivity contribution in [3.05, 3.63) is 0 Å². The number of carbonyl (C=O) groups excluding carboxylic acids is 2. The molecule has 1 aliphatic carbocycles. The van der Waals surface area contributed by atoms with Crippen molar-refractivity contribution in [3.8, 4) is 0 Å². The van der Waals surface area contributed by atoms with Crippen molar-refractivity contribution in [1.82, 2.24) is 10.2 Å². The highest BCUT2D eigenvalue weighted by Gasteiger charge is 2.52. The molecule has 0 aromatic rings. The molecule has 20 heavy (non-hydrogen) atoms. The maximum Gasteiger partial charge on any atom is 0.249 e. The van der Waals surface area contributed by atoms with Gasteiger partial charge in [-0.3, -0.25) is 9.59 Å². The first-order valence-corrected chi connectivity index (χ1v) is 7.74. The normalized spacial score (nSPS) is 42.0. The number of hydrogen-bond donors (Lipinski definition) is 1. The van der Waals surface area contributed by atoms with Gasteiger partial charge in [-0.2, -0.15) is 0 Å². The molecule has 0 radical (unpaired) electrons. The summed E-state index contributed by atoms with van der Waals surface area (Å²) >= 11 is 0. The molecule has 1 saturated carbocycles. The van der Waals surface area contributed by atoms with Crippen LogP contribution in [0.4, 0.5) is 0 Å². The Kier molecular flexibility index (Phi) is 3.27. The molecule has 2 aliphatic heterocycles. The van der Waals surface area contributed by atoms with E-state index in [0.717, 1.165) is 6.42 Å². The van der Waals surface area contributed by atoms with Crippen LogP contribution in [0.3, 0.4) is 0 Å². The molecule has 2 amide bonds. The molecule has 0 spiro atoms. The summed E-state index contributed by atoms with van der Waals surface area (Å²) in [6, 6.07) is -0.322. The smallest absolute Gasteiger partial charge is 0.249 e. The minimum atomic E-state index is -0.764. The first-order valence-electron chi connectivity index (χ1n) is 7.74. The van der Waals surface area contributed by atoms with Gasteiger partial charge in [-0.25, -0.2) is 0 Å². The van der Waals surface area contributed by atoms with E-state index in [0.29, 0.717) is 18.9 Å². The van der Waals surface area contributed by atoms with Crippen LogP contribution in [-0.4, -0.2) is 47.0 Å². The lowest BCUT2D eigenvalue weighted by Gasteiger charge is -2.46. The Bertz CT molecular complexity index is 435. The lowest BCUT2D eigenvalue weighted by atomic mass is 9.89. The second kappa shape index (κ2) is 4.72. The van der Waals surface area contributed by atoms with Crippen LogP contribution in [0.25, 0.3) is 0 Å². The van der Waals surface area contributed by atoms with Crippen molar-refractivity contribution in [1.29, 1.82) is 0 Å². The van der Waals surface area contributed by atoms with E-state index >= 15 is 0 Å². The maximum atomic E-state index is 12.9. The number of rotatable bonds is 3. The summed E-state index contributed by atoms with van der Waals surface area (Å²) in [6.45, 7) is 6.29. The highest BCUT2D eigenvalue weighted by atomic mass is 16.5. The van der Waals surface area contributed by atoms with Gasteiger partial charge in [0.15, 0.2) is 0 Å². The number of ether oxygens (including phenoxy) is 1. The van der Waals surface area contributed by atoms with Crippen molar-refractivity contribution in [2.24, 2.45) is 5.92 Å². The topological polar surface area (TPSA) is 58.6 Å². The van der Waals surface area contributed by atoms with Gasteiger partial charge < -0.3 is 15.0 Å². The fraction of sp³-hybridized carbons (Fsp3) is 0.867. The van der Waals surface area contributed by atoms with Gasteiger partial charge in [0.1, 0.15) is 11.6 Å². The van der Waals surface area contributed by atoms with E-state index in [1.165, 1.54) is 12.8 Å². The minimum Gasteiger partial charge on any atom is -0.376 e. The molecule has 5 nitrogen and oxygen atoms in total. The van der Waals surface area contributed by atoms with Gasteiger partial charge in [0.2, 0.25) is 11.8 Å². The van der Waals surface area contributed by atoms with Crippen LogP contribution >= 0.6 is 0 Å². The quantitative estimate of drug-likeness (QED) is 0.841. The summed E-state index contributed by atoms with van der Waals surface area (Å²) in [5.74, 6) is 0.587. The zero-order valence-electron chi connectivity index (χ0n) is 12.5. The van der Waals surface area contributed by atoms with Crippen LogP contribution in [0.5, 0.6) is 0 Å². The number of nitrogens with one attached hydrogen (secondary N) is 1. The van der Waals surface area contributed by atoms with Crippen molar-refractivity contribution in [3.63, 3.8) is 0 Å². The van der Waals surface area contributed by atoms with Crippen LogP contribution in [0.15, 0.2) is 0 Å². The zero-order valence-corrected chi connectivity index (χ0v) is 12.5. The molecule has 2 saturated heterocycles. The SMILES string of the molecule is CCC1(C)NC(=O)C(C)N(C2CCOC2C2CC2)C1=O. The van der Waals surface area contributed by atoms with E-state index in [1.807, 2.05) is 25.7 Å². The number of nitrogens with zero attached hydrogens (tertiary/aromatic N) is 1. The van der Waals surface area contributed by atoms with Crippen molar-refractivity contribution >= 4 is 11.8 Å². The molecule has 1 N–H and O–H groups in total. The molecule has 3 aliphatic rings. The average Bonchev–Trinajstić information content (AvgIpc) is 3.16. The first kappa shape index (κ1) is 13.9. The highest BCUT2D eigenvalue weighted by Crippen LogP contribution is 2.41. The summed E-state index contributed by atoms with van der Waals surface area (Å²) in [5, 5.41) is 2.88. The Morgan fingerprint density at radius 1 is 1.35 bits per heavy atom. The van der Waals surface area contributed by atoms with E-state index in [4.69, 9.17) is 4.74 Å². The molecule has 3 rings (SSSR count).